The third-order valence-corrected chi connectivity index (χ3v) is 9.98. The van der Waals surface area contributed by atoms with Crippen LogP contribution in [0.5, 0.6) is 0 Å². The first-order valence-electron chi connectivity index (χ1n) is 7.32. The SMILES string of the molecule is CC[Si](CC)(CC)CNc1nccc2ccccc12. The molecule has 1 N–H and O–H groups in total. The van der Waals surface area contributed by atoms with Gasteiger partial charge in [0.05, 0.1) is 8.07 Å². The fourth-order valence-corrected chi connectivity index (χ4v) is 5.45. The summed E-state index contributed by atoms with van der Waals surface area (Å²) in [5.41, 5.74) is 0. The van der Waals surface area contributed by atoms with Crippen LogP contribution in [0.3, 0.4) is 0 Å². The lowest BCUT2D eigenvalue weighted by atomic mass is 10.2. The Morgan fingerprint density at radius 1 is 1.00 bits per heavy atom. The molecule has 1 heterocycles. The smallest absolute Gasteiger partial charge is 0.133 e. The van der Waals surface area contributed by atoms with Gasteiger partial charge in [0.25, 0.3) is 0 Å². The molecule has 0 radical (unpaired) electrons. The molecular formula is C16H24N2Si. The van der Waals surface area contributed by atoms with Gasteiger partial charge in [0.15, 0.2) is 0 Å². The van der Waals surface area contributed by atoms with Crippen LogP contribution in [0, 0.1) is 0 Å². The first-order valence-corrected chi connectivity index (χ1v) is 10.1. The van der Waals surface area contributed by atoms with Crippen LogP contribution < -0.4 is 5.32 Å². The minimum Gasteiger partial charge on any atom is -0.372 e. The maximum absolute atomic E-state index is 4.52. The van der Waals surface area contributed by atoms with Crippen LogP contribution in [0.1, 0.15) is 20.8 Å². The Balaban J connectivity index is 2.22. The van der Waals surface area contributed by atoms with Crippen LogP contribution in [0.25, 0.3) is 10.8 Å². The molecule has 0 amide bonds. The second kappa shape index (κ2) is 6.20. The predicted octanol–water partition coefficient (Wildman–Crippen LogP) is 4.69. The molecule has 0 spiro atoms. The molecule has 0 aliphatic rings. The van der Waals surface area contributed by atoms with Gasteiger partial charge in [0.1, 0.15) is 5.82 Å². The van der Waals surface area contributed by atoms with Crippen LogP contribution in [-0.4, -0.2) is 19.2 Å². The molecule has 1 aromatic carbocycles. The molecule has 2 aromatic rings. The van der Waals surface area contributed by atoms with Gasteiger partial charge in [0, 0.05) is 17.8 Å². The second-order valence-electron chi connectivity index (χ2n) is 5.29. The average molecular weight is 272 g/mol. The summed E-state index contributed by atoms with van der Waals surface area (Å²) in [6.45, 7) is 7.03. The van der Waals surface area contributed by atoms with Crippen LogP contribution in [-0.2, 0) is 0 Å². The van der Waals surface area contributed by atoms with Crippen molar-refractivity contribution < 1.29 is 0 Å². The van der Waals surface area contributed by atoms with E-state index in [0.29, 0.717) is 0 Å². The van der Waals surface area contributed by atoms with Gasteiger partial charge in [0.2, 0.25) is 0 Å². The van der Waals surface area contributed by atoms with Crippen molar-refractivity contribution in [2.75, 3.05) is 11.5 Å². The van der Waals surface area contributed by atoms with Crippen molar-refractivity contribution in [2.24, 2.45) is 0 Å². The lowest BCUT2D eigenvalue weighted by Crippen LogP contribution is -2.40. The lowest BCUT2D eigenvalue weighted by molar-refractivity contribution is 1.12. The molecule has 102 valence electrons. The first-order chi connectivity index (χ1) is 9.24. The topological polar surface area (TPSA) is 24.9 Å². The van der Waals surface area contributed by atoms with E-state index in [-0.39, 0.29) is 0 Å². The molecule has 0 fully saturated rings. The molecule has 0 bridgehead atoms. The van der Waals surface area contributed by atoms with Gasteiger partial charge < -0.3 is 5.32 Å². The quantitative estimate of drug-likeness (QED) is 0.771. The average Bonchev–Trinajstić information content (AvgIpc) is 2.49. The van der Waals surface area contributed by atoms with Gasteiger partial charge in [-0.2, -0.15) is 0 Å². The minimum atomic E-state index is -1.14. The second-order valence-corrected chi connectivity index (χ2v) is 10.8. The van der Waals surface area contributed by atoms with Gasteiger partial charge >= 0.3 is 0 Å². The number of aromatic nitrogens is 1. The van der Waals surface area contributed by atoms with Crippen LogP contribution >= 0.6 is 0 Å². The van der Waals surface area contributed by atoms with E-state index in [1.807, 2.05) is 6.20 Å². The summed E-state index contributed by atoms with van der Waals surface area (Å²) >= 11 is 0. The van der Waals surface area contributed by atoms with Gasteiger partial charge in [-0.25, -0.2) is 4.98 Å². The molecule has 1 aromatic heterocycles. The van der Waals surface area contributed by atoms with Gasteiger partial charge in [-0.05, 0) is 11.5 Å². The molecule has 2 nitrogen and oxygen atoms in total. The van der Waals surface area contributed by atoms with Crippen LogP contribution in [0.2, 0.25) is 18.1 Å². The minimum absolute atomic E-state index is 1.05. The number of nitrogens with zero attached hydrogens (tertiary/aromatic N) is 1. The summed E-state index contributed by atoms with van der Waals surface area (Å²) in [4.78, 5) is 4.52. The fourth-order valence-electron chi connectivity index (χ4n) is 2.66. The maximum Gasteiger partial charge on any atom is 0.133 e. The number of hydrogen-bond acceptors (Lipinski definition) is 2. The summed E-state index contributed by atoms with van der Waals surface area (Å²) in [6.07, 6.45) is 3.04. The number of anilines is 1. The summed E-state index contributed by atoms with van der Waals surface area (Å²) in [6, 6.07) is 14.6. The number of nitrogens with one attached hydrogen (secondary N) is 1. The van der Waals surface area contributed by atoms with Crippen LogP contribution in [0.15, 0.2) is 36.5 Å². The molecule has 0 saturated heterocycles. The summed E-state index contributed by atoms with van der Waals surface area (Å²) < 4.78 is 0. The molecule has 0 aliphatic carbocycles. The molecule has 19 heavy (non-hydrogen) atoms. The molecule has 2 rings (SSSR count). The van der Waals surface area contributed by atoms with Crippen LogP contribution in [0.4, 0.5) is 5.82 Å². The highest BCUT2D eigenvalue weighted by molar-refractivity contribution is 6.80. The van der Waals surface area contributed by atoms with E-state index in [1.54, 1.807) is 0 Å². The normalized spacial score (nSPS) is 11.7. The zero-order valence-electron chi connectivity index (χ0n) is 12.2. The number of pyridine rings is 1. The van der Waals surface area contributed by atoms with Gasteiger partial charge in [-0.15, -0.1) is 0 Å². The number of rotatable bonds is 6. The predicted molar refractivity (Wildman–Crippen MR) is 87.4 cm³/mol. The third-order valence-electron chi connectivity index (χ3n) is 4.55. The Morgan fingerprint density at radius 3 is 2.37 bits per heavy atom. The Morgan fingerprint density at radius 2 is 1.68 bits per heavy atom. The largest absolute Gasteiger partial charge is 0.372 e. The van der Waals surface area contributed by atoms with E-state index in [2.05, 4.69) is 61.4 Å². The summed E-state index contributed by atoms with van der Waals surface area (Å²) in [5, 5.41) is 6.13. The maximum atomic E-state index is 4.52. The highest BCUT2D eigenvalue weighted by Gasteiger charge is 2.26. The van der Waals surface area contributed by atoms with Gasteiger partial charge in [-0.3, -0.25) is 0 Å². The highest BCUT2D eigenvalue weighted by Crippen LogP contribution is 2.24. The van der Waals surface area contributed by atoms with Crippen molar-refractivity contribution in [1.82, 2.24) is 4.98 Å². The molecular weight excluding hydrogens is 248 g/mol. The van der Waals surface area contributed by atoms with Crippen molar-refractivity contribution in [2.45, 2.75) is 38.9 Å². The summed E-state index contributed by atoms with van der Waals surface area (Å²) in [7, 11) is -1.14. The molecule has 0 saturated carbocycles. The number of fused-ring (bicyclic) bond motifs is 1. The van der Waals surface area contributed by atoms with E-state index < -0.39 is 8.07 Å². The summed E-state index contributed by atoms with van der Waals surface area (Å²) in [5.74, 6) is 1.05. The van der Waals surface area contributed by atoms with E-state index in [4.69, 9.17) is 0 Å². The number of benzene rings is 1. The van der Waals surface area contributed by atoms with E-state index in [9.17, 15) is 0 Å². The highest BCUT2D eigenvalue weighted by atomic mass is 28.3. The number of hydrogen-bond donors (Lipinski definition) is 1. The zero-order chi connectivity index (χ0) is 13.7. The molecule has 3 heteroatoms. The Labute approximate surface area is 117 Å². The fraction of sp³-hybridized carbons (Fsp3) is 0.438. The Kier molecular flexibility index (Phi) is 4.59. The molecule has 0 unspecified atom stereocenters. The van der Waals surface area contributed by atoms with E-state index in [1.165, 1.54) is 28.9 Å². The Bertz CT molecular complexity index is 522. The van der Waals surface area contributed by atoms with E-state index >= 15 is 0 Å². The van der Waals surface area contributed by atoms with Crippen molar-refractivity contribution in [3.63, 3.8) is 0 Å². The first kappa shape index (κ1) is 14.1. The third kappa shape index (κ3) is 2.98. The van der Waals surface area contributed by atoms with Crippen molar-refractivity contribution in [3.05, 3.63) is 36.5 Å². The molecule has 0 atom stereocenters. The lowest BCUT2D eigenvalue weighted by Gasteiger charge is -2.28. The monoisotopic (exact) mass is 272 g/mol. The van der Waals surface area contributed by atoms with Gasteiger partial charge in [-0.1, -0.05) is 63.2 Å². The van der Waals surface area contributed by atoms with Crippen molar-refractivity contribution in [1.29, 1.82) is 0 Å². The van der Waals surface area contributed by atoms with Crippen molar-refractivity contribution in [3.8, 4) is 0 Å². The molecule has 0 aliphatic heterocycles. The van der Waals surface area contributed by atoms with Crippen molar-refractivity contribution >= 4 is 24.7 Å². The Hall–Kier alpha value is -1.35. The zero-order valence-corrected chi connectivity index (χ0v) is 13.2. The van der Waals surface area contributed by atoms with E-state index in [0.717, 1.165) is 12.0 Å². The standard InChI is InChI=1S/C16H24N2Si/c1-4-19(5-2,6-3)13-18-16-15-10-8-7-9-14(15)11-12-17-16/h7-12H,4-6,13H2,1-3H3,(H,17,18).